The van der Waals surface area contributed by atoms with E-state index in [0.717, 1.165) is 16.8 Å². The molecular weight excluding hydrogens is 270 g/mol. The van der Waals surface area contributed by atoms with Gasteiger partial charge < -0.3 is 4.90 Å². The molecule has 20 heavy (non-hydrogen) atoms. The molecule has 1 aromatic rings. The van der Waals surface area contributed by atoms with Crippen LogP contribution < -0.4 is 0 Å². The second kappa shape index (κ2) is 7.30. The molecule has 0 aliphatic heterocycles. The van der Waals surface area contributed by atoms with Crippen LogP contribution in [-0.4, -0.2) is 34.6 Å². The largest absolute Gasteiger partial charge is 0.343 e. The second-order valence-corrected chi connectivity index (χ2v) is 5.56. The van der Waals surface area contributed by atoms with Crippen LogP contribution in [0.3, 0.4) is 0 Å². The number of pyridine rings is 1. The highest BCUT2D eigenvalue weighted by atomic mass is 32.2. The van der Waals surface area contributed by atoms with Crippen LogP contribution >= 0.6 is 11.8 Å². The molecule has 0 N–H and O–H groups in total. The molecule has 0 saturated heterocycles. The Hall–Kier alpha value is -1.54. The zero-order valence-electron chi connectivity index (χ0n) is 12.8. The first kappa shape index (κ1) is 16.5. The third-order valence-corrected chi connectivity index (χ3v) is 4.48. The lowest BCUT2D eigenvalue weighted by Crippen LogP contribution is -2.31. The molecule has 0 aliphatic carbocycles. The van der Waals surface area contributed by atoms with Gasteiger partial charge in [-0.2, -0.15) is 5.26 Å². The molecule has 0 aromatic carbocycles. The summed E-state index contributed by atoms with van der Waals surface area (Å²) in [4.78, 5) is 18.3. The lowest BCUT2D eigenvalue weighted by atomic mass is 10.1. The van der Waals surface area contributed by atoms with E-state index in [1.165, 1.54) is 11.8 Å². The number of carbonyl (C=O) groups is 1. The zero-order chi connectivity index (χ0) is 15.3. The zero-order valence-corrected chi connectivity index (χ0v) is 13.6. The first-order valence-corrected chi connectivity index (χ1v) is 7.73. The van der Waals surface area contributed by atoms with Crippen molar-refractivity contribution >= 4 is 17.7 Å². The minimum atomic E-state index is 0.0848. The first-order chi connectivity index (χ1) is 9.46. The topological polar surface area (TPSA) is 57.0 Å². The van der Waals surface area contributed by atoms with Gasteiger partial charge in [-0.05, 0) is 45.7 Å². The molecule has 1 heterocycles. The van der Waals surface area contributed by atoms with E-state index in [-0.39, 0.29) is 5.91 Å². The van der Waals surface area contributed by atoms with Crippen LogP contribution in [0.5, 0.6) is 0 Å². The highest BCUT2D eigenvalue weighted by molar-refractivity contribution is 8.00. The van der Waals surface area contributed by atoms with Crippen molar-refractivity contribution in [2.24, 2.45) is 0 Å². The highest BCUT2D eigenvalue weighted by Crippen LogP contribution is 2.26. The molecular formula is C15H21N3OS. The number of hydrogen-bond donors (Lipinski definition) is 0. The SMILES string of the molecule is CCN(CC)C(=O)CSc1nc(C)c(C)c(C)c1C#N. The molecule has 108 valence electrons. The quantitative estimate of drug-likeness (QED) is 0.783. The molecule has 0 unspecified atom stereocenters. The fraction of sp³-hybridized carbons (Fsp3) is 0.533. The van der Waals surface area contributed by atoms with Crippen molar-refractivity contribution in [3.63, 3.8) is 0 Å². The predicted octanol–water partition coefficient (Wildman–Crippen LogP) is 2.84. The van der Waals surface area contributed by atoms with E-state index in [1.54, 1.807) is 4.90 Å². The Bertz CT molecular complexity index is 545. The number of amides is 1. The van der Waals surface area contributed by atoms with Crippen molar-refractivity contribution in [3.8, 4) is 6.07 Å². The van der Waals surface area contributed by atoms with Crippen LogP contribution in [0, 0.1) is 32.1 Å². The van der Waals surface area contributed by atoms with Gasteiger partial charge in [0.05, 0.1) is 11.3 Å². The number of aryl methyl sites for hydroxylation is 1. The Kier molecular flexibility index (Phi) is 6.03. The molecule has 1 rings (SSSR count). The maximum Gasteiger partial charge on any atom is 0.232 e. The molecule has 5 heteroatoms. The molecule has 0 saturated carbocycles. The van der Waals surface area contributed by atoms with Gasteiger partial charge in [0, 0.05) is 18.8 Å². The van der Waals surface area contributed by atoms with E-state index in [1.807, 2.05) is 34.6 Å². The summed E-state index contributed by atoms with van der Waals surface area (Å²) < 4.78 is 0. The summed E-state index contributed by atoms with van der Waals surface area (Å²) in [5.74, 6) is 0.409. The van der Waals surface area contributed by atoms with Crippen molar-refractivity contribution in [2.75, 3.05) is 18.8 Å². The summed E-state index contributed by atoms with van der Waals surface area (Å²) in [6.07, 6.45) is 0. The van der Waals surface area contributed by atoms with E-state index in [2.05, 4.69) is 11.1 Å². The van der Waals surface area contributed by atoms with Crippen molar-refractivity contribution in [2.45, 2.75) is 39.6 Å². The standard InChI is InChI=1S/C15H21N3OS/c1-6-18(7-2)14(19)9-20-15-13(8-16)11(4)10(3)12(5)17-15/h6-7,9H2,1-5H3. The number of nitrogens with zero attached hydrogens (tertiary/aromatic N) is 3. The van der Waals surface area contributed by atoms with Crippen molar-refractivity contribution in [1.29, 1.82) is 5.26 Å². The van der Waals surface area contributed by atoms with Crippen molar-refractivity contribution in [1.82, 2.24) is 9.88 Å². The van der Waals surface area contributed by atoms with Crippen LogP contribution in [0.15, 0.2) is 5.03 Å². The number of hydrogen-bond acceptors (Lipinski definition) is 4. The summed E-state index contributed by atoms with van der Waals surface area (Å²) in [5.41, 5.74) is 3.50. The van der Waals surface area contributed by atoms with Crippen LogP contribution in [0.4, 0.5) is 0 Å². The Morgan fingerprint density at radius 2 is 1.85 bits per heavy atom. The first-order valence-electron chi connectivity index (χ1n) is 6.74. The normalized spacial score (nSPS) is 10.2. The van der Waals surface area contributed by atoms with Crippen LogP contribution in [-0.2, 0) is 4.79 Å². The van der Waals surface area contributed by atoms with Crippen molar-refractivity contribution in [3.05, 3.63) is 22.4 Å². The summed E-state index contributed by atoms with van der Waals surface area (Å²) in [7, 11) is 0. The Balaban J connectivity index is 2.94. The Labute approximate surface area is 125 Å². The number of nitriles is 1. The lowest BCUT2D eigenvalue weighted by Gasteiger charge is -2.18. The summed E-state index contributed by atoms with van der Waals surface area (Å²) in [6, 6.07) is 2.20. The van der Waals surface area contributed by atoms with Gasteiger partial charge in [0.25, 0.3) is 0 Å². The smallest absolute Gasteiger partial charge is 0.232 e. The van der Waals surface area contributed by atoms with E-state index in [4.69, 9.17) is 0 Å². The molecule has 4 nitrogen and oxygen atoms in total. The van der Waals surface area contributed by atoms with E-state index >= 15 is 0 Å². The van der Waals surface area contributed by atoms with Crippen LogP contribution in [0.2, 0.25) is 0 Å². The number of carbonyl (C=O) groups excluding carboxylic acids is 1. The molecule has 1 amide bonds. The maximum absolute atomic E-state index is 12.0. The molecule has 0 aliphatic rings. The maximum atomic E-state index is 12.0. The van der Waals surface area contributed by atoms with Crippen molar-refractivity contribution < 1.29 is 4.79 Å². The molecule has 0 radical (unpaired) electrons. The minimum absolute atomic E-state index is 0.0848. The van der Waals surface area contributed by atoms with Gasteiger partial charge in [-0.25, -0.2) is 4.98 Å². The minimum Gasteiger partial charge on any atom is -0.343 e. The van der Waals surface area contributed by atoms with Gasteiger partial charge in [0.2, 0.25) is 5.91 Å². The number of rotatable bonds is 5. The molecule has 0 atom stereocenters. The number of thioether (sulfide) groups is 1. The lowest BCUT2D eigenvalue weighted by molar-refractivity contribution is -0.127. The second-order valence-electron chi connectivity index (χ2n) is 4.59. The fourth-order valence-electron chi connectivity index (χ4n) is 1.95. The molecule has 1 aromatic heterocycles. The van der Waals surface area contributed by atoms with Gasteiger partial charge in [0.15, 0.2) is 0 Å². The van der Waals surface area contributed by atoms with E-state index in [9.17, 15) is 10.1 Å². The third kappa shape index (κ3) is 3.51. The average Bonchev–Trinajstić information content (AvgIpc) is 2.44. The monoisotopic (exact) mass is 291 g/mol. The van der Waals surface area contributed by atoms with Gasteiger partial charge in [-0.15, -0.1) is 0 Å². The van der Waals surface area contributed by atoms with Gasteiger partial charge >= 0.3 is 0 Å². The van der Waals surface area contributed by atoms with E-state index in [0.29, 0.717) is 29.4 Å². The summed E-state index contributed by atoms with van der Waals surface area (Å²) >= 11 is 1.35. The molecule has 0 fully saturated rings. The number of aromatic nitrogens is 1. The predicted molar refractivity (Wildman–Crippen MR) is 81.8 cm³/mol. The summed E-state index contributed by atoms with van der Waals surface area (Å²) in [5, 5.41) is 9.94. The van der Waals surface area contributed by atoms with Gasteiger partial charge in [0.1, 0.15) is 11.1 Å². The van der Waals surface area contributed by atoms with E-state index < -0.39 is 0 Å². The summed E-state index contributed by atoms with van der Waals surface area (Å²) in [6.45, 7) is 11.2. The van der Waals surface area contributed by atoms with Gasteiger partial charge in [-0.1, -0.05) is 11.8 Å². The fourth-order valence-corrected chi connectivity index (χ4v) is 2.93. The third-order valence-electron chi connectivity index (χ3n) is 3.52. The molecule has 0 bridgehead atoms. The van der Waals surface area contributed by atoms with Crippen LogP contribution in [0.1, 0.15) is 36.2 Å². The Morgan fingerprint density at radius 1 is 1.25 bits per heavy atom. The average molecular weight is 291 g/mol. The molecule has 0 spiro atoms. The Morgan fingerprint density at radius 3 is 2.35 bits per heavy atom. The highest BCUT2D eigenvalue weighted by Gasteiger charge is 2.16. The van der Waals surface area contributed by atoms with Crippen LogP contribution in [0.25, 0.3) is 0 Å². The van der Waals surface area contributed by atoms with Gasteiger partial charge in [-0.3, -0.25) is 4.79 Å².